The molecule has 1 unspecified atom stereocenters. The molecule has 1 atom stereocenters. The van der Waals surface area contributed by atoms with Gasteiger partial charge in [-0.1, -0.05) is 25.1 Å². The number of rotatable bonds is 6. The number of hydrogen-bond donors (Lipinski definition) is 1. The summed E-state index contributed by atoms with van der Waals surface area (Å²) in [5, 5.41) is 12.2. The van der Waals surface area contributed by atoms with Gasteiger partial charge in [-0.2, -0.15) is 15.0 Å². The predicted octanol–water partition coefficient (Wildman–Crippen LogP) is 2.40. The Balaban J connectivity index is 1.53. The maximum absolute atomic E-state index is 4.48. The molecule has 19 heavy (non-hydrogen) atoms. The molecular weight excluding hydrogens is 236 g/mol. The third kappa shape index (κ3) is 3.20. The summed E-state index contributed by atoms with van der Waals surface area (Å²) < 4.78 is 0. The Bertz CT molecular complexity index is 516. The molecule has 2 aromatic rings. The van der Waals surface area contributed by atoms with Gasteiger partial charge < -0.3 is 5.32 Å². The number of nitrogens with one attached hydrogen (secondary N) is 1. The predicted molar refractivity (Wildman–Crippen MR) is 75.0 cm³/mol. The van der Waals surface area contributed by atoms with Gasteiger partial charge in [-0.15, -0.1) is 0 Å². The van der Waals surface area contributed by atoms with Crippen LogP contribution in [0.5, 0.6) is 0 Å². The Hall–Kier alpha value is -1.68. The van der Waals surface area contributed by atoms with Crippen LogP contribution < -0.4 is 5.32 Å². The first-order valence-corrected chi connectivity index (χ1v) is 7.00. The van der Waals surface area contributed by atoms with Gasteiger partial charge in [0.15, 0.2) is 0 Å². The van der Waals surface area contributed by atoms with Crippen LogP contribution in [0, 0.1) is 11.8 Å². The first kappa shape index (κ1) is 12.4. The highest BCUT2D eigenvalue weighted by atomic mass is 15.5. The van der Waals surface area contributed by atoms with Crippen molar-refractivity contribution in [2.24, 2.45) is 11.8 Å². The van der Waals surface area contributed by atoms with Crippen molar-refractivity contribution in [2.75, 3.05) is 6.54 Å². The van der Waals surface area contributed by atoms with Crippen molar-refractivity contribution in [2.45, 2.75) is 26.3 Å². The second kappa shape index (κ2) is 5.53. The molecule has 100 valence electrons. The second-order valence-corrected chi connectivity index (χ2v) is 5.41. The Morgan fingerprint density at radius 3 is 2.84 bits per heavy atom. The third-order valence-electron chi connectivity index (χ3n) is 3.73. The van der Waals surface area contributed by atoms with Gasteiger partial charge in [0.1, 0.15) is 0 Å². The molecule has 0 spiro atoms. The van der Waals surface area contributed by atoms with E-state index >= 15 is 0 Å². The molecule has 1 aliphatic rings. The monoisotopic (exact) mass is 256 g/mol. The topological polar surface area (TPSA) is 42.7 Å². The summed E-state index contributed by atoms with van der Waals surface area (Å²) in [6, 6.07) is 10.00. The summed E-state index contributed by atoms with van der Waals surface area (Å²) in [5.41, 5.74) is 1.99. The fourth-order valence-corrected chi connectivity index (χ4v) is 2.32. The quantitative estimate of drug-likeness (QED) is 0.863. The van der Waals surface area contributed by atoms with E-state index in [2.05, 4.69) is 22.4 Å². The average molecular weight is 256 g/mol. The maximum Gasteiger partial charge on any atom is 0.0969 e. The molecule has 1 aromatic heterocycles. The van der Waals surface area contributed by atoms with Crippen molar-refractivity contribution in [3.05, 3.63) is 42.2 Å². The normalized spacial score (nSPS) is 16.5. The van der Waals surface area contributed by atoms with E-state index in [9.17, 15) is 0 Å². The largest absolute Gasteiger partial charge is 0.311 e. The summed E-state index contributed by atoms with van der Waals surface area (Å²) in [6.45, 7) is 4.19. The number of para-hydroxylation sites is 1. The lowest BCUT2D eigenvalue weighted by Gasteiger charge is -2.09. The lowest BCUT2D eigenvalue weighted by Crippen LogP contribution is -2.22. The highest BCUT2D eigenvalue weighted by Gasteiger charge is 2.27. The van der Waals surface area contributed by atoms with Gasteiger partial charge in [0, 0.05) is 6.54 Å². The SMILES string of the molecule is CC(CNCc1cnn(-c2ccccc2)n1)C1CC1. The Kier molecular flexibility index (Phi) is 3.60. The summed E-state index contributed by atoms with van der Waals surface area (Å²) >= 11 is 0. The van der Waals surface area contributed by atoms with Gasteiger partial charge in [0.05, 0.1) is 17.6 Å². The summed E-state index contributed by atoms with van der Waals surface area (Å²) in [5.74, 6) is 1.73. The summed E-state index contributed by atoms with van der Waals surface area (Å²) in [6.07, 6.45) is 4.65. The zero-order valence-electron chi connectivity index (χ0n) is 11.3. The van der Waals surface area contributed by atoms with Crippen LogP contribution in [0.2, 0.25) is 0 Å². The first-order chi connectivity index (χ1) is 9.33. The second-order valence-electron chi connectivity index (χ2n) is 5.41. The van der Waals surface area contributed by atoms with E-state index in [-0.39, 0.29) is 0 Å². The van der Waals surface area contributed by atoms with Crippen molar-refractivity contribution in [1.29, 1.82) is 0 Å². The minimum Gasteiger partial charge on any atom is -0.311 e. The molecule has 1 N–H and O–H groups in total. The highest BCUT2D eigenvalue weighted by Crippen LogP contribution is 2.36. The lowest BCUT2D eigenvalue weighted by atomic mass is 10.1. The van der Waals surface area contributed by atoms with Crippen molar-refractivity contribution in [3.63, 3.8) is 0 Å². The molecule has 4 heteroatoms. The highest BCUT2D eigenvalue weighted by molar-refractivity contribution is 5.28. The molecule has 1 fully saturated rings. The Labute approximate surface area is 113 Å². The van der Waals surface area contributed by atoms with E-state index in [4.69, 9.17) is 0 Å². The molecule has 0 radical (unpaired) electrons. The number of hydrogen-bond acceptors (Lipinski definition) is 3. The van der Waals surface area contributed by atoms with Crippen LogP contribution in [0.1, 0.15) is 25.5 Å². The van der Waals surface area contributed by atoms with Crippen molar-refractivity contribution in [3.8, 4) is 5.69 Å². The first-order valence-electron chi connectivity index (χ1n) is 7.00. The van der Waals surface area contributed by atoms with Crippen LogP contribution in [-0.4, -0.2) is 21.5 Å². The third-order valence-corrected chi connectivity index (χ3v) is 3.73. The van der Waals surface area contributed by atoms with Crippen molar-refractivity contribution < 1.29 is 0 Å². The van der Waals surface area contributed by atoms with E-state index < -0.39 is 0 Å². The fourth-order valence-electron chi connectivity index (χ4n) is 2.32. The van der Waals surface area contributed by atoms with Gasteiger partial charge in [0.2, 0.25) is 0 Å². The standard InChI is InChI=1S/C15H20N4/c1-12(13-7-8-13)9-16-10-14-11-17-19(18-14)15-5-3-2-4-6-15/h2-6,11-13,16H,7-10H2,1H3. The molecule has 0 amide bonds. The van der Waals surface area contributed by atoms with Gasteiger partial charge >= 0.3 is 0 Å². The number of aromatic nitrogens is 3. The van der Waals surface area contributed by atoms with Crippen molar-refractivity contribution in [1.82, 2.24) is 20.3 Å². The molecule has 3 rings (SSSR count). The maximum atomic E-state index is 4.48. The minimum atomic E-state index is 0.782. The molecule has 0 aliphatic heterocycles. The van der Waals surface area contributed by atoms with Gasteiger partial charge in [-0.05, 0) is 43.4 Å². The average Bonchev–Trinajstić information content (AvgIpc) is 3.20. The Morgan fingerprint density at radius 2 is 2.11 bits per heavy atom. The molecule has 1 heterocycles. The van der Waals surface area contributed by atoms with Gasteiger partial charge in [-0.25, -0.2) is 0 Å². The van der Waals surface area contributed by atoms with Gasteiger partial charge in [0.25, 0.3) is 0 Å². The molecule has 4 nitrogen and oxygen atoms in total. The van der Waals surface area contributed by atoms with Crippen molar-refractivity contribution >= 4 is 0 Å². The fraction of sp³-hybridized carbons (Fsp3) is 0.467. The smallest absolute Gasteiger partial charge is 0.0969 e. The van der Waals surface area contributed by atoms with Crippen LogP contribution >= 0.6 is 0 Å². The van der Waals surface area contributed by atoms with Crippen LogP contribution in [0.15, 0.2) is 36.5 Å². The van der Waals surface area contributed by atoms with E-state index in [0.717, 1.165) is 36.3 Å². The van der Waals surface area contributed by atoms with Crippen LogP contribution in [-0.2, 0) is 6.54 Å². The molecule has 1 saturated carbocycles. The Morgan fingerprint density at radius 1 is 1.32 bits per heavy atom. The van der Waals surface area contributed by atoms with E-state index in [0.29, 0.717) is 0 Å². The zero-order valence-corrected chi connectivity index (χ0v) is 11.3. The minimum absolute atomic E-state index is 0.782. The van der Waals surface area contributed by atoms with Crippen LogP contribution in [0.25, 0.3) is 5.69 Å². The summed E-state index contributed by atoms with van der Waals surface area (Å²) in [7, 11) is 0. The van der Waals surface area contributed by atoms with E-state index in [1.165, 1.54) is 12.8 Å². The van der Waals surface area contributed by atoms with E-state index in [1.54, 1.807) is 4.80 Å². The molecular formula is C15H20N4. The van der Waals surface area contributed by atoms with Crippen LogP contribution in [0.3, 0.4) is 0 Å². The summed E-state index contributed by atoms with van der Waals surface area (Å²) in [4.78, 5) is 1.68. The lowest BCUT2D eigenvalue weighted by molar-refractivity contribution is 0.459. The molecule has 0 bridgehead atoms. The number of nitrogens with zero attached hydrogens (tertiary/aromatic N) is 3. The van der Waals surface area contributed by atoms with E-state index in [1.807, 2.05) is 36.5 Å². The molecule has 1 aromatic carbocycles. The molecule has 0 saturated heterocycles. The van der Waals surface area contributed by atoms with Crippen LogP contribution in [0.4, 0.5) is 0 Å². The molecule has 1 aliphatic carbocycles. The van der Waals surface area contributed by atoms with Gasteiger partial charge in [-0.3, -0.25) is 0 Å². The zero-order chi connectivity index (χ0) is 13.1. The number of benzene rings is 1.